The molecule has 1 saturated carbocycles. The molecular formula is C12H22BF3O2. The highest BCUT2D eigenvalue weighted by Crippen LogP contribution is 2.56. The molecule has 0 saturated heterocycles. The molecule has 106 valence electrons. The Morgan fingerprint density at radius 1 is 1.06 bits per heavy atom. The van der Waals surface area contributed by atoms with Crippen molar-refractivity contribution in [3.63, 3.8) is 0 Å². The Kier molecular flexibility index (Phi) is 6.50. The van der Waals surface area contributed by atoms with Gasteiger partial charge in [-0.2, -0.15) is 13.2 Å². The molecule has 2 nitrogen and oxygen atoms in total. The minimum absolute atomic E-state index is 0.145. The fourth-order valence-electron chi connectivity index (χ4n) is 1.87. The van der Waals surface area contributed by atoms with Crippen LogP contribution in [-0.4, -0.2) is 26.5 Å². The summed E-state index contributed by atoms with van der Waals surface area (Å²) in [5.41, 5.74) is 0. The average Bonchev–Trinajstić information content (AvgIpc) is 3.07. The minimum Gasteiger partial charge on any atom is -0.411 e. The van der Waals surface area contributed by atoms with E-state index in [1.807, 2.05) is 13.8 Å². The molecule has 0 amide bonds. The Bertz CT molecular complexity index is 226. The van der Waals surface area contributed by atoms with E-state index in [1.165, 1.54) is 0 Å². The van der Waals surface area contributed by atoms with Crippen molar-refractivity contribution in [3.8, 4) is 0 Å². The molecule has 0 aromatic carbocycles. The molecule has 0 aromatic heterocycles. The van der Waals surface area contributed by atoms with Crippen molar-refractivity contribution in [2.75, 3.05) is 13.2 Å². The maximum Gasteiger partial charge on any atom is 0.460 e. The molecule has 0 bridgehead atoms. The number of hydrogen-bond donors (Lipinski definition) is 0. The number of halogens is 3. The zero-order valence-electron chi connectivity index (χ0n) is 11.1. The van der Waals surface area contributed by atoms with Crippen LogP contribution in [0.2, 0.25) is 5.82 Å². The summed E-state index contributed by atoms with van der Waals surface area (Å²) in [4.78, 5) is 0. The van der Waals surface area contributed by atoms with Gasteiger partial charge in [-0.3, -0.25) is 0 Å². The first-order chi connectivity index (χ1) is 8.50. The number of alkyl halides is 3. The second kappa shape index (κ2) is 7.39. The van der Waals surface area contributed by atoms with Crippen LogP contribution in [-0.2, 0) is 9.31 Å². The highest BCUT2D eigenvalue weighted by molar-refractivity contribution is 6.47. The lowest BCUT2D eigenvalue weighted by molar-refractivity contribution is -0.147. The normalized spacial score (nSPS) is 23.2. The van der Waals surface area contributed by atoms with E-state index >= 15 is 0 Å². The third-order valence-electron chi connectivity index (χ3n) is 3.17. The minimum atomic E-state index is -4.11. The predicted molar refractivity (Wildman–Crippen MR) is 65.4 cm³/mol. The van der Waals surface area contributed by atoms with Crippen LogP contribution < -0.4 is 0 Å². The van der Waals surface area contributed by atoms with Gasteiger partial charge in [0.15, 0.2) is 0 Å². The van der Waals surface area contributed by atoms with E-state index in [9.17, 15) is 13.2 Å². The van der Waals surface area contributed by atoms with Crippen molar-refractivity contribution >= 4 is 7.12 Å². The van der Waals surface area contributed by atoms with Crippen LogP contribution >= 0.6 is 0 Å². The molecule has 0 N–H and O–H groups in total. The fraction of sp³-hybridized carbons (Fsp3) is 1.00. The van der Waals surface area contributed by atoms with Gasteiger partial charge >= 0.3 is 13.3 Å². The van der Waals surface area contributed by atoms with Crippen molar-refractivity contribution in [1.82, 2.24) is 0 Å². The van der Waals surface area contributed by atoms with Crippen LogP contribution in [0.15, 0.2) is 0 Å². The van der Waals surface area contributed by atoms with Crippen LogP contribution in [0.25, 0.3) is 0 Å². The first-order valence-electron chi connectivity index (χ1n) is 6.80. The first-order valence-corrected chi connectivity index (χ1v) is 6.80. The molecular weight excluding hydrogens is 244 g/mol. The summed E-state index contributed by atoms with van der Waals surface area (Å²) < 4.78 is 48.5. The van der Waals surface area contributed by atoms with Gasteiger partial charge in [-0.05, 0) is 19.3 Å². The van der Waals surface area contributed by atoms with Crippen LogP contribution in [0.3, 0.4) is 0 Å². The highest BCUT2D eigenvalue weighted by Gasteiger charge is 2.61. The molecule has 1 aliphatic rings. The summed E-state index contributed by atoms with van der Waals surface area (Å²) in [5.74, 6) is -1.73. The van der Waals surface area contributed by atoms with Crippen LogP contribution in [0, 0.1) is 5.92 Å². The molecule has 0 spiro atoms. The Morgan fingerprint density at radius 2 is 1.56 bits per heavy atom. The van der Waals surface area contributed by atoms with Crippen LogP contribution in [0.4, 0.5) is 13.2 Å². The molecule has 2 atom stereocenters. The molecule has 6 heteroatoms. The van der Waals surface area contributed by atoms with Crippen molar-refractivity contribution in [1.29, 1.82) is 0 Å². The van der Waals surface area contributed by atoms with Gasteiger partial charge in [0.1, 0.15) is 0 Å². The molecule has 1 rings (SSSR count). The van der Waals surface area contributed by atoms with Crippen molar-refractivity contribution in [2.45, 2.75) is 57.9 Å². The largest absolute Gasteiger partial charge is 0.460 e. The summed E-state index contributed by atoms with van der Waals surface area (Å²) in [6.07, 6.45) is -0.310. The molecule has 0 radical (unpaired) electrons. The van der Waals surface area contributed by atoms with Gasteiger partial charge in [-0.1, -0.05) is 26.7 Å². The van der Waals surface area contributed by atoms with Crippen molar-refractivity contribution in [3.05, 3.63) is 0 Å². The van der Waals surface area contributed by atoms with Gasteiger partial charge in [0.25, 0.3) is 0 Å². The predicted octanol–water partition coefficient (Wildman–Crippen LogP) is 4.06. The maximum atomic E-state index is 12.5. The third-order valence-corrected chi connectivity index (χ3v) is 3.17. The molecule has 0 unspecified atom stereocenters. The average molecular weight is 266 g/mol. The van der Waals surface area contributed by atoms with Crippen LogP contribution in [0.1, 0.15) is 46.0 Å². The standard InChI is InChI=1S/C12H22BF3O2/c1-3-5-7-17-13(18-8-6-4-2)11-9-10(11)12(14,15)16/h10-11H,3-9H2,1-2H3/t10-,11-/m0/s1. The van der Waals surface area contributed by atoms with Crippen molar-refractivity contribution < 1.29 is 22.5 Å². The van der Waals surface area contributed by atoms with E-state index in [-0.39, 0.29) is 6.42 Å². The zero-order chi connectivity index (χ0) is 13.6. The lowest BCUT2D eigenvalue weighted by Crippen LogP contribution is -2.27. The summed E-state index contributed by atoms with van der Waals surface area (Å²) in [5, 5.41) is 0. The second-order valence-corrected chi connectivity index (χ2v) is 4.86. The van der Waals surface area contributed by atoms with E-state index in [4.69, 9.17) is 9.31 Å². The molecule has 0 aromatic rings. The molecule has 0 aliphatic heterocycles. The van der Waals surface area contributed by atoms with E-state index in [2.05, 4.69) is 0 Å². The zero-order valence-corrected chi connectivity index (χ0v) is 11.1. The lowest BCUT2D eigenvalue weighted by atomic mass is 9.80. The number of unbranched alkanes of at least 4 members (excludes halogenated alkanes) is 2. The van der Waals surface area contributed by atoms with Gasteiger partial charge in [0.05, 0.1) is 5.92 Å². The first kappa shape index (κ1) is 15.8. The van der Waals surface area contributed by atoms with Gasteiger partial charge in [-0.25, -0.2) is 0 Å². The SMILES string of the molecule is CCCCOB(OCCCC)[C@H]1C[C@@H]1C(F)(F)F. The van der Waals surface area contributed by atoms with E-state index in [1.54, 1.807) is 0 Å². The topological polar surface area (TPSA) is 18.5 Å². The third kappa shape index (κ3) is 5.18. The Morgan fingerprint density at radius 3 is 1.89 bits per heavy atom. The molecule has 1 aliphatic carbocycles. The van der Waals surface area contributed by atoms with Crippen molar-refractivity contribution in [2.24, 2.45) is 5.92 Å². The van der Waals surface area contributed by atoms with E-state index < -0.39 is 25.0 Å². The second-order valence-electron chi connectivity index (χ2n) is 4.86. The van der Waals surface area contributed by atoms with Gasteiger partial charge in [0, 0.05) is 19.0 Å². The Labute approximate surface area is 107 Å². The summed E-state index contributed by atoms with van der Waals surface area (Å²) in [6, 6.07) is 0. The highest BCUT2D eigenvalue weighted by atomic mass is 19.4. The number of hydrogen-bond acceptors (Lipinski definition) is 2. The van der Waals surface area contributed by atoms with Crippen LogP contribution in [0.5, 0.6) is 0 Å². The molecule has 18 heavy (non-hydrogen) atoms. The quantitative estimate of drug-likeness (QED) is 0.462. The lowest BCUT2D eigenvalue weighted by Gasteiger charge is -2.15. The van der Waals surface area contributed by atoms with E-state index in [0.29, 0.717) is 13.2 Å². The monoisotopic (exact) mass is 266 g/mol. The Balaban J connectivity index is 2.35. The smallest absolute Gasteiger partial charge is 0.411 e. The maximum absolute atomic E-state index is 12.5. The van der Waals surface area contributed by atoms with Gasteiger partial charge in [0.2, 0.25) is 0 Å². The van der Waals surface area contributed by atoms with Gasteiger partial charge in [-0.15, -0.1) is 0 Å². The van der Waals surface area contributed by atoms with E-state index in [0.717, 1.165) is 25.7 Å². The summed E-state index contributed by atoms with van der Waals surface area (Å²) in [7, 11) is -0.672. The summed E-state index contributed by atoms with van der Waals surface area (Å²) >= 11 is 0. The Hall–Kier alpha value is -0.225. The summed E-state index contributed by atoms with van der Waals surface area (Å²) in [6.45, 7) is 5.00. The molecule has 0 heterocycles. The fourth-order valence-corrected chi connectivity index (χ4v) is 1.87. The van der Waals surface area contributed by atoms with Gasteiger partial charge < -0.3 is 9.31 Å². The number of rotatable bonds is 9. The molecule has 1 fully saturated rings.